The Bertz CT molecular complexity index is 629. The number of carbonyl (C=O) groups excluding carboxylic acids is 1. The summed E-state index contributed by atoms with van der Waals surface area (Å²) in [7, 11) is 0. The average molecular weight is 325 g/mol. The second kappa shape index (κ2) is 7.69. The maximum absolute atomic E-state index is 12.9. The van der Waals surface area contributed by atoms with Crippen LogP contribution in [-0.4, -0.2) is 23.1 Å². The minimum atomic E-state index is 0.123. The van der Waals surface area contributed by atoms with E-state index in [1.54, 1.807) is 11.8 Å². The summed E-state index contributed by atoms with van der Waals surface area (Å²) in [5.74, 6) is 1.77. The van der Waals surface area contributed by atoms with Gasteiger partial charge in [-0.15, -0.1) is 11.8 Å². The molecule has 1 amide bonds. The van der Waals surface area contributed by atoms with E-state index in [0.717, 1.165) is 25.3 Å². The molecule has 23 heavy (non-hydrogen) atoms. The van der Waals surface area contributed by atoms with Crippen molar-refractivity contribution in [3.8, 4) is 0 Å². The zero-order valence-corrected chi connectivity index (χ0v) is 14.3. The summed E-state index contributed by atoms with van der Waals surface area (Å²) in [6, 6.07) is 20.6. The summed E-state index contributed by atoms with van der Waals surface area (Å²) in [6.07, 6.45) is 1.10. The van der Waals surface area contributed by atoms with Gasteiger partial charge in [-0.3, -0.25) is 4.79 Å². The number of carbonyl (C=O) groups is 1. The van der Waals surface area contributed by atoms with Crippen LogP contribution in [0.25, 0.3) is 0 Å². The lowest BCUT2D eigenvalue weighted by Gasteiger charge is -2.36. The first kappa shape index (κ1) is 16.1. The van der Waals surface area contributed by atoms with Crippen molar-refractivity contribution in [2.24, 2.45) is 11.8 Å². The van der Waals surface area contributed by atoms with Crippen LogP contribution in [0.2, 0.25) is 0 Å². The lowest BCUT2D eigenvalue weighted by molar-refractivity contribution is -0.140. The first-order valence-corrected chi connectivity index (χ1v) is 9.23. The van der Waals surface area contributed by atoms with Gasteiger partial charge in [-0.05, 0) is 30.0 Å². The van der Waals surface area contributed by atoms with Gasteiger partial charge in [-0.25, -0.2) is 0 Å². The smallest absolute Gasteiger partial charge is 0.227 e. The Morgan fingerprint density at radius 2 is 1.70 bits per heavy atom. The predicted octanol–water partition coefficient (Wildman–Crippen LogP) is 4.46. The maximum Gasteiger partial charge on any atom is 0.227 e. The first-order valence-electron chi connectivity index (χ1n) is 8.24. The molecule has 1 saturated heterocycles. The molecule has 1 heterocycles. The zero-order chi connectivity index (χ0) is 16.1. The van der Waals surface area contributed by atoms with Crippen LogP contribution in [0.4, 0.5) is 0 Å². The van der Waals surface area contributed by atoms with Gasteiger partial charge in [0.25, 0.3) is 0 Å². The van der Waals surface area contributed by atoms with Crippen LogP contribution in [0.1, 0.15) is 18.9 Å². The molecule has 120 valence electrons. The van der Waals surface area contributed by atoms with Gasteiger partial charge >= 0.3 is 0 Å². The highest BCUT2D eigenvalue weighted by atomic mass is 32.2. The highest BCUT2D eigenvalue weighted by molar-refractivity contribution is 7.99. The van der Waals surface area contributed by atoms with E-state index in [9.17, 15) is 4.79 Å². The zero-order valence-electron chi connectivity index (χ0n) is 13.5. The van der Waals surface area contributed by atoms with E-state index in [4.69, 9.17) is 0 Å². The van der Waals surface area contributed by atoms with E-state index in [1.807, 2.05) is 29.2 Å². The van der Waals surface area contributed by atoms with E-state index in [1.165, 1.54) is 10.5 Å². The summed E-state index contributed by atoms with van der Waals surface area (Å²) in [5.41, 5.74) is 1.21. The number of rotatable bonds is 5. The molecule has 0 bridgehead atoms. The Morgan fingerprint density at radius 3 is 2.39 bits per heavy atom. The molecule has 0 N–H and O–H groups in total. The fourth-order valence-electron chi connectivity index (χ4n) is 3.05. The number of nitrogens with zero attached hydrogens (tertiary/aromatic N) is 1. The van der Waals surface area contributed by atoms with Gasteiger partial charge in [0.2, 0.25) is 5.91 Å². The maximum atomic E-state index is 12.9. The van der Waals surface area contributed by atoms with E-state index >= 15 is 0 Å². The van der Waals surface area contributed by atoms with Crippen molar-refractivity contribution in [2.75, 3.05) is 12.3 Å². The number of thioether (sulfide) groups is 1. The van der Waals surface area contributed by atoms with Crippen molar-refractivity contribution < 1.29 is 4.79 Å². The molecule has 2 atom stereocenters. The van der Waals surface area contributed by atoms with Crippen LogP contribution < -0.4 is 0 Å². The quantitative estimate of drug-likeness (QED) is 0.756. The molecule has 1 aliphatic heterocycles. The van der Waals surface area contributed by atoms with Gasteiger partial charge < -0.3 is 4.90 Å². The van der Waals surface area contributed by atoms with Crippen LogP contribution in [0.5, 0.6) is 0 Å². The second-order valence-corrected chi connectivity index (χ2v) is 7.34. The number of amides is 1. The van der Waals surface area contributed by atoms with Gasteiger partial charge in [-0.2, -0.15) is 0 Å². The average Bonchev–Trinajstić information content (AvgIpc) is 2.59. The third-order valence-electron chi connectivity index (χ3n) is 4.56. The molecule has 2 nitrogen and oxygen atoms in total. The van der Waals surface area contributed by atoms with Crippen molar-refractivity contribution in [2.45, 2.75) is 24.8 Å². The number of likely N-dealkylation sites (tertiary alicyclic amines) is 1. The molecule has 1 fully saturated rings. The summed E-state index contributed by atoms with van der Waals surface area (Å²) in [6.45, 7) is 3.83. The molecule has 0 spiro atoms. The van der Waals surface area contributed by atoms with Crippen molar-refractivity contribution >= 4 is 17.7 Å². The minimum absolute atomic E-state index is 0.123. The second-order valence-electron chi connectivity index (χ2n) is 6.24. The van der Waals surface area contributed by atoms with Crippen LogP contribution in [0.3, 0.4) is 0 Å². The third kappa shape index (κ3) is 4.17. The fourth-order valence-corrected chi connectivity index (χ4v) is 4.24. The van der Waals surface area contributed by atoms with E-state index in [2.05, 4.69) is 43.3 Å². The predicted molar refractivity (Wildman–Crippen MR) is 96.3 cm³/mol. The van der Waals surface area contributed by atoms with Crippen LogP contribution in [0, 0.1) is 11.8 Å². The Kier molecular flexibility index (Phi) is 5.39. The Balaban J connectivity index is 1.63. The van der Waals surface area contributed by atoms with Gasteiger partial charge in [0.15, 0.2) is 0 Å². The molecular weight excluding hydrogens is 302 g/mol. The SMILES string of the molecule is C[C@H]1CCN(Cc2ccccc2)C(=O)[C@H]1CSc1ccccc1. The molecule has 3 heteroatoms. The van der Waals surface area contributed by atoms with Crippen LogP contribution >= 0.6 is 11.8 Å². The third-order valence-corrected chi connectivity index (χ3v) is 5.69. The molecule has 1 aliphatic rings. The van der Waals surface area contributed by atoms with Crippen molar-refractivity contribution in [3.05, 3.63) is 66.2 Å². The molecule has 0 unspecified atom stereocenters. The summed E-state index contributed by atoms with van der Waals surface area (Å²) < 4.78 is 0. The molecule has 0 saturated carbocycles. The molecule has 3 rings (SSSR count). The molecule has 0 aromatic heterocycles. The highest BCUT2D eigenvalue weighted by Crippen LogP contribution is 2.31. The van der Waals surface area contributed by atoms with Crippen LogP contribution in [-0.2, 0) is 11.3 Å². The lowest BCUT2D eigenvalue weighted by Crippen LogP contribution is -2.45. The van der Waals surface area contributed by atoms with Gasteiger partial charge in [0.05, 0.1) is 5.92 Å². The Hall–Kier alpha value is -1.74. The van der Waals surface area contributed by atoms with E-state index < -0.39 is 0 Å². The van der Waals surface area contributed by atoms with Gasteiger partial charge in [0, 0.05) is 23.7 Å². The van der Waals surface area contributed by atoms with Crippen molar-refractivity contribution in [3.63, 3.8) is 0 Å². The molecule has 0 radical (unpaired) electrons. The standard InChI is InChI=1S/C20H23NOS/c1-16-12-13-21(14-17-8-4-2-5-9-17)20(22)19(16)15-23-18-10-6-3-7-11-18/h2-11,16,19H,12-15H2,1H3/t16-,19-/m0/s1. The van der Waals surface area contributed by atoms with Crippen molar-refractivity contribution in [1.82, 2.24) is 4.90 Å². The summed E-state index contributed by atoms with van der Waals surface area (Å²) in [4.78, 5) is 16.2. The number of hydrogen-bond acceptors (Lipinski definition) is 2. The van der Waals surface area contributed by atoms with E-state index in [0.29, 0.717) is 11.8 Å². The fraction of sp³-hybridized carbons (Fsp3) is 0.350. The Labute approximate surface area is 142 Å². The highest BCUT2D eigenvalue weighted by Gasteiger charge is 2.33. The monoisotopic (exact) mass is 325 g/mol. The summed E-state index contributed by atoms with van der Waals surface area (Å²) >= 11 is 1.80. The van der Waals surface area contributed by atoms with E-state index in [-0.39, 0.29) is 5.92 Å². The number of benzene rings is 2. The topological polar surface area (TPSA) is 20.3 Å². The molecular formula is C20H23NOS. The molecule has 0 aliphatic carbocycles. The van der Waals surface area contributed by atoms with Crippen LogP contribution in [0.15, 0.2) is 65.6 Å². The minimum Gasteiger partial charge on any atom is -0.338 e. The van der Waals surface area contributed by atoms with Gasteiger partial charge in [-0.1, -0.05) is 55.5 Å². The van der Waals surface area contributed by atoms with Crippen molar-refractivity contribution in [1.29, 1.82) is 0 Å². The normalized spacial score (nSPS) is 21.4. The largest absolute Gasteiger partial charge is 0.338 e. The molecule has 2 aromatic rings. The van der Waals surface area contributed by atoms with Gasteiger partial charge in [0.1, 0.15) is 0 Å². The lowest BCUT2D eigenvalue weighted by atomic mass is 9.87. The number of hydrogen-bond donors (Lipinski definition) is 0. The first-order chi connectivity index (χ1) is 11.2. The Morgan fingerprint density at radius 1 is 1.04 bits per heavy atom. The molecule has 2 aromatic carbocycles. The summed E-state index contributed by atoms with van der Waals surface area (Å²) in [5, 5.41) is 0. The number of piperidine rings is 1.